The van der Waals surface area contributed by atoms with Crippen molar-refractivity contribution >= 4 is 110 Å². The van der Waals surface area contributed by atoms with Crippen LogP contribution in [0, 0.1) is 20.8 Å². The molecule has 17 aromatic rings. The van der Waals surface area contributed by atoms with Crippen LogP contribution in [0.1, 0.15) is 38.9 Å². The van der Waals surface area contributed by atoms with Crippen LogP contribution in [0.5, 0.6) is 23.0 Å². The lowest BCUT2D eigenvalue weighted by Gasteiger charge is -2.23. The number of para-hydroxylation sites is 6. The summed E-state index contributed by atoms with van der Waals surface area (Å²) in [6, 6.07) is 99.0. The molecule has 0 atom stereocenters. The standard InChI is InChI=1S/C83H57BN4O2/c1-50-38-51(2)83(52(3)39-50)84(57-20-16-22-59(43-57)85-71-28-10-6-24-63(71)67-48-77-69(46-75(67)85)65-26-8-12-30-73(65)87(77)61-36-37-81-56(42-61)41-54-19-5-14-32-79(54)89-81)58-21-17-23-60(44-58)86-72-29-11-7-25-64(72)68-49-78-70(47-76(68)86)66-27-9-13-31-74(66)88(78)62-35-34-55-40-53-18-4-15-33-80(53)90-82(55)45-62/h4-39,42-49H,40-41H2,1-3H3. The largest absolute Gasteiger partial charge is 0.457 e. The highest BCUT2D eigenvalue weighted by molar-refractivity contribution is 6.96. The predicted octanol–water partition coefficient (Wildman–Crippen LogP) is 18.9. The molecular weight excluding hydrogens is 1100 g/mol. The van der Waals surface area contributed by atoms with E-state index < -0.39 is 0 Å². The Hall–Kier alpha value is -11.3. The molecule has 0 radical (unpaired) electrons. The van der Waals surface area contributed by atoms with Gasteiger partial charge in [0.15, 0.2) is 0 Å². The smallest absolute Gasteiger partial charge is 0.242 e. The van der Waals surface area contributed by atoms with Crippen LogP contribution in [0.3, 0.4) is 0 Å². The number of rotatable bonds is 7. The normalized spacial score (nSPS) is 12.7. The number of ether oxygens (including phenoxy) is 2. The molecule has 0 fully saturated rings. The molecule has 0 N–H and O–H groups in total. The molecule has 2 aliphatic heterocycles. The van der Waals surface area contributed by atoms with Gasteiger partial charge in [-0.05, 0) is 147 Å². The van der Waals surface area contributed by atoms with Gasteiger partial charge < -0.3 is 27.7 Å². The lowest BCUT2D eigenvalue weighted by atomic mass is 9.35. The topological polar surface area (TPSA) is 38.2 Å². The molecule has 0 aliphatic carbocycles. The number of fused-ring (bicyclic) bond motifs is 16. The summed E-state index contributed by atoms with van der Waals surface area (Å²) in [4.78, 5) is 0. The Bertz CT molecular complexity index is 5580. The summed E-state index contributed by atoms with van der Waals surface area (Å²) in [6.07, 6.45) is 1.68. The SMILES string of the molecule is Cc1cc(C)c(B(c2cccc(-n3c4ccccc4c4cc5c(cc43)c3ccccc3n5-c3ccc4c(c3)Cc3ccccc3O4)c2)c2cccc(-n3c4ccccc4c4cc5c(cc43)c3ccccc3n5-c3ccc4c(c3)Oc3ccccc3C4)c2)c(C)c1. The third-order valence-electron chi connectivity index (χ3n) is 19.6. The molecule has 7 heteroatoms. The van der Waals surface area contributed by atoms with Gasteiger partial charge in [0.1, 0.15) is 23.0 Å². The van der Waals surface area contributed by atoms with Gasteiger partial charge in [-0.25, -0.2) is 0 Å². The van der Waals surface area contributed by atoms with E-state index in [-0.39, 0.29) is 6.71 Å². The Labute approximate surface area is 520 Å². The first-order valence-electron chi connectivity index (χ1n) is 31.3. The number of hydrogen-bond acceptors (Lipinski definition) is 2. The highest BCUT2D eigenvalue weighted by Crippen LogP contribution is 2.45. The summed E-state index contributed by atoms with van der Waals surface area (Å²) in [7, 11) is 0. The lowest BCUT2D eigenvalue weighted by Crippen LogP contribution is -2.54. The van der Waals surface area contributed by atoms with E-state index in [1.54, 1.807) is 0 Å². The highest BCUT2D eigenvalue weighted by atomic mass is 16.5. The molecular formula is C83H57BN4O2. The molecule has 0 saturated carbocycles. The lowest BCUT2D eigenvalue weighted by molar-refractivity contribution is 0.459. The summed E-state index contributed by atoms with van der Waals surface area (Å²) in [5, 5.41) is 9.70. The molecule has 6 heterocycles. The van der Waals surface area contributed by atoms with Crippen molar-refractivity contribution in [1.82, 2.24) is 18.3 Å². The third-order valence-corrected chi connectivity index (χ3v) is 19.6. The predicted molar refractivity (Wildman–Crippen MR) is 374 cm³/mol. The van der Waals surface area contributed by atoms with Crippen LogP contribution in [-0.2, 0) is 12.8 Å². The van der Waals surface area contributed by atoms with Gasteiger partial charge in [-0.2, -0.15) is 0 Å². The molecule has 13 aromatic carbocycles. The number of benzene rings is 13. The zero-order chi connectivity index (χ0) is 59.5. The summed E-state index contributed by atoms with van der Waals surface area (Å²) in [5.41, 5.74) is 26.2. The Balaban J connectivity index is 0.769. The van der Waals surface area contributed by atoms with Crippen LogP contribution in [0.4, 0.5) is 0 Å². The average molecular weight is 1150 g/mol. The Morgan fingerprint density at radius 3 is 1.11 bits per heavy atom. The molecule has 2 aliphatic rings. The van der Waals surface area contributed by atoms with Crippen molar-refractivity contribution in [2.45, 2.75) is 33.6 Å². The van der Waals surface area contributed by atoms with E-state index in [2.05, 4.69) is 300 Å². The van der Waals surface area contributed by atoms with Crippen molar-refractivity contribution in [1.29, 1.82) is 0 Å². The van der Waals surface area contributed by atoms with Crippen LogP contribution < -0.4 is 25.9 Å². The zero-order valence-corrected chi connectivity index (χ0v) is 50.0. The number of aryl methyl sites for hydroxylation is 3. The zero-order valence-electron chi connectivity index (χ0n) is 50.0. The van der Waals surface area contributed by atoms with Crippen molar-refractivity contribution in [3.63, 3.8) is 0 Å². The highest BCUT2D eigenvalue weighted by Gasteiger charge is 2.29. The van der Waals surface area contributed by atoms with Crippen LogP contribution >= 0.6 is 0 Å². The van der Waals surface area contributed by atoms with E-state index >= 15 is 0 Å². The van der Waals surface area contributed by atoms with E-state index in [0.717, 1.165) is 69.6 Å². The molecule has 19 rings (SSSR count). The van der Waals surface area contributed by atoms with Crippen LogP contribution in [0.25, 0.3) is 110 Å². The summed E-state index contributed by atoms with van der Waals surface area (Å²) < 4.78 is 22.9. The first-order chi connectivity index (χ1) is 44.3. The van der Waals surface area contributed by atoms with Gasteiger partial charge in [0.05, 0.1) is 44.1 Å². The van der Waals surface area contributed by atoms with Gasteiger partial charge in [0.25, 0.3) is 0 Å². The van der Waals surface area contributed by atoms with E-state index in [1.807, 2.05) is 6.07 Å². The fourth-order valence-corrected chi connectivity index (χ4v) is 15.8. The minimum absolute atomic E-state index is 0.0920. The van der Waals surface area contributed by atoms with Gasteiger partial charge in [-0.1, -0.05) is 185 Å². The van der Waals surface area contributed by atoms with Gasteiger partial charge in [-0.15, -0.1) is 0 Å². The van der Waals surface area contributed by atoms with Crippen LogP contribution in [0.15, 0.2) is 267 Å². The van der Waals surface area contributed by atoms with Crippen LogP contribution in [-0.4, -0.2) is 25.0 Å². The van der Waals surface area contributed by atoms with Crippen molar-refractivity contribution in [3.8, 4) is 45.7 Å². The van der Waals surface area contributed by atoms with Crippen molar-refractivity contribution in [2.75, 3.05) is 0 Å². The first-order valence-corrected chi connectivity index (χ1v) is 31.3. The molecule has 0 unspecified atom stereocenters. The second-order valence-electron chi connectivity index (χ2n) is 25.0. The molecule has 0 bridgehead atoms. The Morgan fingerprint density at radius 1 is 0.267 bits per heavy atom. The first kappa shape index (κ1) is 50.8. The summed E-state index contributed by atoms with van der Waals surface area (Å²) >= 11 is 0. The molecule has 0 amide bonds. The van der Waals surface area contributed by atoms with Gasteiger partial charge in [-0.3, -0.25) is 0 Å². The number of aromatic nitrogens is 4. The summed E-state index contributed by atoms with van der Waals surface area (Å²) in [5.74, 6) is 3.70. The molecule has 90 heavy (non-hydrogen) atoms. The maximum Gasteiger partial charge on any atom is 0.242 e. The van der Waals surface area contributed by atoms with Crippen molar-refractivity contribution < 1.29 is 9.47 Å². The van der Waals surface area contributed by atoms with Gasteiger partial charge in [0, 0.05) is 90.3 Å². The molecule has 4 aromatic heterocycles. The second-order valence-corrected chi connectivity index (χ2v) is 25.0. The van der Waals surface area contributed by atoms with E-state index in [0.29, 0.717) is 0 Å². The molecule has 0 spiro atoms. The van der Waals surface area contributed by atoms with Crippen molar-refractivity contribution in [3.05, 3.63) is 306 Å². The molecule has 424 valence electrons. The quantitative estimate of drug-likeness (QED) is 0.149. The minimum atomic E-state index is -0.0920. The van der Waals surface area contributed by atoms with E-state index in [9.17, 15) is 0 Å². The fourth-order valence-electron chi connectivity index (χ4n) is 15.8. The van der Waals surface area contributed by atoms with Crippen molar-refractivity contribution in [2.24, 2.45) is 0 Å². The summed E-state index contributed by atoms with van der Waals surface area (Å²) in [6.45, 7) is 6.72. The van der Waals surface area contributed by atoms with Crippen LogP contribution in [0.2, 0.25) is 0 Å². The Morgan fingerprint density at radius 2 is 0.633 bits per heavy atom. The number of hydrogen-bond donors (Lipinski definition) is 0. The third kappa shape index (κ3) is 7.59. The van der Waals surface area contributed by atoms with Gasteiger partial charge in [0.2, 0.25) is 6.71 Å². The average Bonchev–Trinajstić information content (AvgIpc) is 1.59. The van der Waals surface area contributed by atoms with E-state index in [4.69, 9.17) is 9.47 Å². The molecule has 6 nitrogen and oxygen atoms in total. The maximum atomic E-state index is 6.61. The number of nitrogens with zero attached hydrogens (tertiary/aromatic N) is 4. The minimum Gasteiger partial charge on any atom is -0.457 e. The maximum absolute atomic E-state index is 6.61. The Kier molecular flexibility index (Phi) is 10.9. The fraction of sp³-hybridized carbons (Fsp3) is 0.0602. The molecule has 0 saturated heterocycles. The second kappa shape index (κ2) is 19.4. The monoisotopic (exact) mass is 1150 g/mol. The van der Waals surface area contributed by atoms with E-state index in [1.165, 1.54) is 132 Å². The van der Waals surface area contributed by atoms with Gasteiger partial charge >= 0.3 is 0 Å².